The Morgan fingerprint density at radius 3 is 2.84 bits per heavy atom. The summed E-state index contributed by atoms with van der Waals surface area (Å²) in [5.41, 5.74) is 13.1. The first-order valence-electron chi connectivity index (χ1n) is 13.2. The van der Waals surface area contributed by atoms with Gasteiger partial charge in [0.25, 0.3) is 0 Å². The van der Waals surface area contributed by atoms with Gasteiger partial charge in [-0.05, 0) is 12.1 Å². The highest BCUT2D eigenvalue weighted by atomic mass is 32.2. The van der Waals surface area contributed by atoms with Crippen LogP contribution in [0.3, 0.4) is 0 Å². The number of hydrogen-bond donors (Lipinski definition) is 3. The number of nitrogens with two attached hydrogens (primary N) is 2. The lowest BCUT2D eigenvalue weighted by Gasteiger charge is -2.50. The third-order valence-electron chi connectivity index (χ3n) is 7.29. The molecule has 4 aromatic rings. The van der Waals surface area contributed by atoms with Gasteiger partial charge in [0.05, 0.1) is 29.5 Å². The minimum absolute atomic E-state index is 0.00761. The summed E-state index contributed by atoms with van der Waals surface area (Å²) in [4.78, 5) is 49.7. The summed E-state index contributed by atoms with van der Waals surface area (Å²) < 4.78 is 7.95. The Morgan fingerprint density at radius 2 is 2.16 bits per heavy atom. The van der Waals surface area contributed by atoms with Crippen molar-refractivity contribution in [3.8, 4) is 0 Å². The van der Waals surface area contributed by atoms with Crippen molar-refractivity contribution < 1.29 is 28.9 Å². The number of anilines is 1. The van der Waals surface area contributed by atoms with E-state index in [0.717, 1.165) is 27.3 Å². The normalized spacial score (nSPS) is 18.3. The van der Waals surface area contributed by atoms with E-state index in [1.807, 2.05) is 46.7 Å². The van der Waals surface area contributed by atoms with Crippen LogP contribution in [0.2, 0.25) is 0 Å². The van der Waals surface area contributed by atoms with Crippen LogP contribution in [0.25, 0.3) is 10.9 Å². The van der Waals surface area contributed by atoms with E-state index in [1.54, 1.807) is 0 Å². The first-order chi connectivity index (χ1) is 21.1. The summed E-state index contributed by atoms with van der Waals surface area (Å²) >= 11 is 3.81. The highest BCUT2D eigenvalue weighted by molar-refractivity contribution is 8.00. The molecule has 0 aliphatic carbocycles. The van der Waals surface area contributed by atoms with Gasteiger partial charge in [-0.3, -0.25) is 19.9 Å². The van der Waals surface area contributed by atoms with Crippen LogP contribution >= 0.6 is 34.6 Å². The van der Waals surface area contributed by atoms with Gasteiger partial charge in [-0.25, -0.2) is 0 Å². The number of amidine groups is 1. The maximum Gasteiger partial charge on any atom is 0.234 e. The van der Waals surface area contributed by atoms with E-state index in [-0.39, 0.29) is 41.2 Å². The summed E-state index contributed by atoms with van der Waals surface area (Å²) in [7, 11) is 1.27. The summed E-state index contributed by atoms with van der Waals surface area (Å²) in [6, 6.07) is 5.83. The summed E-state index contributed by atoms with van der Waals surface area (Å²) in [6.07, 6.45) is 5.54. The van der Waals surface area contributed by atoms with Crippen molar-refractivity contribution in [3.63, 3.8) is 0 Å². The van der Waals surface area contributed by atoms with Crippen LogP contribution in [-0.2, 0) is 32.3 Å². The number of carbonyl (C=O) groups is 3. The van der Waals surface area contributed by atoms with Crippen LogP contribution in [0.1, 0.15) is 22.7 Å². The third kappa shape index (κ3) is 5.44. The van der Waals surface area contributed by atoms with Crippen molar-refractivity contribution >= 4 is 79.9 Å². The number of nitrogen functional groups attached to an aromatic ring is 2. The Kier molecular flexibility index (Phi) is 7.91. The maximum atomic E-state index is 13.3. The number of aliphatic carboxylic acids is 1. The SMILES string of the molecule is CO/N=C(\C(=O)C[C@@H]1C(=O)N2C(C(=O)[O-])=C(C[n+]3ccc4ccn(Cc5cc(C(=N)N)cs5)c4c3)CS[C@H]12)c1nsc(N)n1. The third-order valence-corrected chi connectivity index (χ3v) is 10.2. The topological polar surface area (TPSA) is 210 Å². The lowest BCUT2D eigenvalue weighted by atomic mass is 9.89. The number of oxime groups is 1. The number of pyridine rings is 1. The molecule has 2 aliphatic heterocycles. The van der Waals surface area contributed by atoms with Gasteiger partial charge in [-0.2, -0.15) is 13.9 Å². The van der Waals surface area contributed by atoms with E-state index in [2.05, 4.69) is 19.1 Å². The monoisotopic (exact) mass is 651 g/mol. The number of ketones is 1. The highest BCUT2D eigenvalue weighted by Gasteiger charge is 2.53. The van der Waals surface area contributed by atoms with Crippen LogP contribution in [0.5, 0.6) is 0 Å². The van der Waals surface area contributed by atoms with Crippen LogP contribution in [-0.4, -0.2) is 66.3 Å². The zero-order valence-electron chi connectivity index (χ0n) is 23.1. The summed E-state index contributed by atoms with van der Waals surface area (Å²) in [5, 5.41) is 26.2. The van der Waals surface area contributed by atoms with Crippen molar-refractivity contribution in [2.75, 3.05) is 18.6 Å². The molecule has 0 spiro atoms. The lowest BCUT2D eigenvalue weighted by molar-refractivity contribution is -0.687. The van der Waals surface area contributed by atoms with E-state index in [1.165, 1.54) is 35.1 Å². The first-order valence-corrected chi connectivity index (χ1v) is 15.9. The Morgan fingerprint density at radius 1 is 1.34 bits per heavy atom. The van der Waals surface area contributed by atoms with E-state index < -0.39 is 29.0 Å². The van der Waals surface area contributed by atoms with Crippen LogP contribution in [0.15, 0.2) is 58.6 Å². The average molecular weight is 652 g/mol. The number of thiophene rings is 1. The number of amides is 1. The number of nitrogens with one attached hydrogen (secondary N) is 1. The van der Waals surface area contributed by atoms with Gasteiger partial charge in [0, 0.05) is 62.7 Å². The predicted molar refractivity (Wildman–Crippen MR) is 163 cm³/mol. The molecule has 4 aromatic heterocycles. The minimum atomic E-state index is -1.45. The molecule has 1 saturated heterocycles. The number of carboxylic acid groups (broad SMARTS) is 1. The second-order valence-corrected chi connectivity index (χ2v) is 13.0. The molecule has 226 valence electrons. The molecular weight excluding hydrogens is 627 g/mol. The fourth-order valence-corrected chi connectivity index (χ4v) is 7.98. The molecule has 1 amide bonds. The molecule has 2 aliphatic rings. The second kappa shape index (κ2) is 11.8. The van der Waals surface area contributed by atoms with Crippen LogP contribution in [0.4, 0.5) is 5.13 Å². The molecule has 0 aromatic carbocycles. The van der Waals surface area contributed by atoms with Crippen molar-refractivity contribution in [1.82, 2.24) is 18.8 Å². The maximum absolute atomic E-state index is 13.3. The zero-order chi connectivity index (χ0) is 31.1. The molecule has 14 nitrogen and oxygen atoms in total. The molecule has 0 radical (unpaired) electrons. The largest absolute Gasteiger partial charge is 0.543 e. The van der Waals surface area contributed by atoms with Gasteiger partial charge < -0.3 is 30.8 Å². The number of aromatic nitrogens is 4. The van der Waals surface area contributed by atoms with E-state index in [0.29, 0.717) is 23.4 Å². The fraction of sp³-hybridized carbons (Fsp3) is 0.259. The minimum Gasteiger partial charge on any atom is -0.543 e. The number of carboxylic acids is 1. The van der Waals surface area contributed by atoms with Crippen molar-refractivity contribution in [2.24, 2.45) is 16.8 Å². The van der Waals surface area contributed by atoms with Gasteiger partial charge in [0.15, 0.2) is 35.6 Å². The molecule has 17 heteroatoms. The Balaban J connectivity index is 1.21. The number of nitrogens with zero attached hydrogens (tertiary/aromatic N) is 6. The van der Waals surface area contributed by atoms with Crippen LogP contribution < -0.4 is 21.1 Å². The number of hydrogen-bond acceptors (Lipinski definition) is 13. The smallest absolute Gasteiger partial charge is 0.234 e. The summed E-state index contributed by atoms with van der Waals surface area (Å²) in [5.74, 6) is -2.83. The molecular formula is C27H25N9O5S3. The molecule has 6 heterocycles. The molecule has 5 N–H and O–H groups in total. The van der Waals surface area contributed by atoms with Crippen molar-refractivity contribution in [3.05, 3.63) is 69.7 Å². The fourth-order valence-electron chi connectivity index (χ4n) is 5.26. The Hall–Kier alpha value is -4.61. The predicted octanol–water partition coefficient (Wildman–Crippen LogP) is 0.302. The van der Waals surface area contributed by atoms with Gasteiger partial charge >= 0.3 is 0 Å². The van der Waals surface area contributed by atoms with E-state index in [9.17, 15) is 19.5 Å². The molecule has 1 fully saturated rings. The van der Waals surface area contributed by atoms with Gasteiger partial charge in [-0.15, -0.1) is 23.1 Å². The first kappa shape index (κ1) is 29.5. The molecule has 0 bridgehead atoms. The molecule has 6 rings (SSSR count). The standard InChI is InChI=1S/C27H25N9O5S3/c1-41-32-20(23-31-27(30)44-33-23)19(37)7-17-24(38)36-21(26(39)40)15(12-43-25(17)36)8-34-4-2-13-3-5-35(18(13)10-34)9-16-6-14(11-42-16)22(28)29/h2-6,10-11,17,25H,7-9,12H2,1H3,(H5-,28,29,30,31,33,39,40)/b32-20+/t17-,25-/m1/s1. The number of carbonyl (C=O) groups excluding carboxylic acids is 3. The number of Topliss-reactive ketones (excluding diaryl/α,β-unsaturated/α-hetero) is 1. The number of fused-ring (bicyclic) bond motifs is 2. The average Bonchev–Trinajstić information content (AvgIpc) is 3.75. The zero-order valence-corrected chi connectivity index (χ0v) is 25.6. The van der Waals surface area contributed by atoms with E-state index >= 15 is 0 Å². The molecule has 44 heavy (non-hydrogen) atoms. The van der Waals surface area contributed by atoms with E-state index in [4.69, 9.17) is 21.7 Å². The number of rotatable bonds is 11. The number of thioether (sulfide) groups is 1. The Bertz CT molecular complexity index is 1890. The lowest BCUT2D eigenvalue weighted by Crippen LogP contribution is -2.63. The van der Waals surface area contributed by atoms with Crippen LogP contribution in [0, 0.1) is 11.3 Å². The van der Waals surface area contributed by atoms with Crippen molar-refractivity contribution in [1.29, 1.82) is 5.41 Å². The summed E-state index contributed by atoms with van der Waals surface area (Å²) in [6.45, 7) is 0.813. The number of β-lactam (4-membered cyclic amide) rings is 1. The highest BCUT2D eigenvalue weighted by Crippen LogP contribution is 2.45. The molecule has 0 saturated carbocycles. The second-order valence-electron chi connectivity index (χ2n) is 10.1. The van der Waals surface area contributed by atoms with Gasteiger partial charge in [0.2, 0.25) is 11.7 Å². The van der Waals surface area contributed by atoms with Gasteiger partial charge in [0.1, 0.15) is 18.5 Å². The quantitative estimate of drug-likeness (QED) is 0.0664. The van der Waals surface area contributed by atoms with Crippen molar-refractivity contribution in [2.45, 2.75) is 24.9 Å². The Labute approximate surface area is 262 Å². The molecule has 0 unspecified atom stereocenters. The van der Waals surface area contributed by atoms with Gasteiger partial charge in [-0.1, -0.05) is 5.16 Å². The molecule has 2 atom stereocenters.